The van der Waals surface area contributed by atoms with Crippen molar-refractivity contribution in [1.82, 2.24) is 14.8 Å². The number of hydrogen-bond donors (Lipinski definition) is 2. The lowest BCUT2D eigenvalue weighted by molar-refractivity contribution is -0.111. The normalized spacial score (nSPS) is 10.0. The highest BCUT2D eigenvalue weighted by molar-refractivity contribution is 5.99. The summed E-state index contributed by atoms with van der Waals surface area (Å²) in [5, 5.41) is 10.5. The van der Waals surface area contributed by atoms with E-state index in [4.69, 9.17) is 6.42 Å². The van der Waals surface area contributed by atoms with Crippen molar-refractivity contribution in [2.75, 3.05) is 10.6 Å². The van der Waals surface area contributed by atoms with Crippen molar-refractivity contribution >= 4 is 23.1 Å². The molecule has 0 bridgehead atoms. The topological polar surface area (TPSA) is 71.8 Å². The molecule has 0 fully saturated rings. The van der Waals surface area contributed by atoms with Crippen LogP contribution < -0.4 is 10.6 Å². The highest BCUT2D eigenvalue weighted by Crippen LogP contribution is 2.31. The van der Waals surface area contributed by atoms with Crippen LogP contribution in [0.2, 0.25) is 0 Å². The van der Waals surface area contributed by atoms with E-state index in [1.807, 2.05) is 43.6 Å². The minimum atomic E-state index is -0.274. The minimum absolute atomic E-state index is 0.274. The molecule has 2 heterocycles. The molecule has 2 aromatic heterocycles. The third kappa shape index (κ3) is 3.79. The number of hydrogen-bond acceptors (Lipinski definition) is 4. The molecule has 6 heteroatoms. The van der Waals surface area contributed by atoms with E-state index in [9.17, 15) is 4.79 Å². The number of pyridine rings is 1. The fraction of sp³-hybridized carbons (Fsp3) is 0.0500. The summed E-state index contributed by atoms with van der Waals surface area (Å²) in [4.78, 5) is 15.9. The van der Waals surface area contributed by atoms with Crippen molar-refractivity contribution in [3.63, 3.8) is 0 Å². The van der Waals surface area contributed by atoms with Crippen molar-refractivity contribution in [3.8, 4) is 23.6 Å². The lowest BCUT2D eigenvalue weighted by atomic mass is 10.1. The van der Waals surface area contributed by atoms with Gasteiger partial charge in [-0.05, 0) is 42.5 Å². The van der Waals surface area contributed by atoms with Gasteiger partial charge in [0.15, 0.2) is 0 Å². The zero-order valence-electron chi connectivity index (χ0n) is 14.2. The number of anilines is 3. The predicted molar refractivity (Wildman–Crippen MR) is 103 cm³/mol. The van der Waals surface area contributed by atoms with Crippen molar-refractivity contribution in [2.45, 2.75) is 0 Å². The monoisotopic (exact) mass is 343 g/mol. The number of aromatic nitrogens is 3. The second-order valence-electron chi connectivity index (χ2n) is 5.53. The first-order valence-electron chi connectivity index (χ1n) is 7.86. The van der Waals surface area contributed by atoms with Gasteiger partial charge in [-0.1, -0.05) is 12.5 Å². The van der Waals surface area contributed by atoms with E-state index in [0.29, 0.717) is 17.1 Å². The van der Waals surface area contributed by atoms with Gasteiger partial charge in [-0.15, -0.1) is 6.42 Å². The summed E-state index contributed by atoms with van der Waals surface area (Å²) in [5.74, 6) is 2.92. The van der Waals surface area contributed by atoms with Gasteiger partial charge in [0.2, 0.25) is 5.91 Å². The van der Waals surface area contributed by atoms with Gasteiger partial charge in [0.05, 0.1) is 5.69 Å². The molecular weight excluding hydrogens is 326 g/mol. The molecular formula is C20H17N5O. The second-order valence-corrected chi connectivity index (χ2v) is 5.53. The van der Waals surface area contributed by atoms with Gasteiger partial charge in [-0.3, -0.25) is 9.48 Å². The quantitative estimate of drug-likeness (QED) is 0.551. The lowest BCUT2D eigenvalue weighted by Crippen LogP contribution is -2.07. The Morgan fingerprint density at radius 3 is 2.77 bits per heavy atom. The van der Waals surface area contributed by atoms with Crippen LogP contribution in [-0.4, -0.2) is 20.7 Å². The molecule has 3 rings (SSSR count). The molecule has 0 unspecified atom stereocenters. The lowest BCUT2D eigenvalue weighted by Gasteiger charge is -2.12. The molecule has 0 aliphatic rings. The van der Waals surface area contributed by atoms with Crippen molar-refractivity contribution in [1.29, 1.82) is 0 Å². The highest BCUT2D eigenvalue weighted by atomic mass is 16.1. The number of benzene rings is 1. The number of terminal acetylenes is 1. The van der Waals surface area contributed by atoms with Crippen LogP contribution in [-0.2, 0) is 11.8 Å². The summed E-state index contributed by atoms with van der Waals surface area (Å²) in [7, 11) is 1.85. The zero-order valence-corrected chi connectivity index (χ0v) is 14.2. The van der Waals surface area contributed by atoms with Crippen LogP contribution in [0.5, 0.6) is 0 Å². The van der Waals surface area contributed by atoms with E-state index >= 15 is 0 Å². The number of carbonyl (C=O) groups excluding carboxylic acids is 1. The Balaban J connectivity index is 1.98. The third-order valence-electron chi connectivity index (χ3n) is 3.65. The Kier molecular flexibility index (Phi) is 4.81. The maximum absolute atomic E-state index is 11.6. The molecule has 0 atom stereocenters. The van der Waals surface area contributed by atoms with Crippen LogP contribution in [0.3, 0.4) is 0 Å². The molecule has 128 valence electrons. The average Bonchev–Trinajstić information content (AvgIpc) is 3.09. The van der Waals surface area contributed by atoms with Gasteiger partial charge in [0, 0.05) is 41.9 Å². The van der Waals surface area contributed by atoms with E-state index in [2.05, 4.69) is 33.2 Å². The smallest absolute Gasteiger partial charge is 0.247 e. The molecule has 6 nitrogen and oxygen atoms in total. The van der Waals surface area contributed by atoms with Crippen molar-refractivity contribution < 1.29 is 4.79 Å². The third-order valence-corrected chi connectivity index (χ3v) is 3.65. The van der Waals surface area contributed by atoms with Gasteiger partial charge < -0.3 is 10.6 Å². The standard InChI is InChI=1S/C20H17N5O/c1-4-14-6-9-19(21-13-14)23-17-8-7-15(22-20(26)5-2)12-16(17)18-10-11-25(3)24-18/h1,5-13H,2H2,3H3,(H,21,23)(H,22,26). The predicted octanol–water partition coefficient (Wildman–Crippen LogP) is 3.33. The van der Waals surface area contributed by atoms with Crippen LogP contribution in [0.4, 0.5) is 17.2 Å². The first kappa shape index (κ1) is 17.0. The molecule has 1 amide bonds. The molecule has 0 saturated heterocycles. The molecule has 3 aromatic rings. The molecule has 0 aliphatic heterocycles. The Morgan fingerprint density at radius 2 is 2.15 bits per heavy atom. The Labute approximate surface area is 151 Å². The summed E-state index contributed by atoms with van der Waals surface area (Å²) in [6.45, 7) is 3.47. The maximum Gasteiger partial charge on any atom is 0.247 e. The number of nitrogens with zero attached hydrogens (tertiary/aromatic N) is 3. The fourth-order valence-corrected chi connectivity index (χ4v) is 2.39. The Morgan fingerprint density at radius 1 is 1.31 bits per heavy atom. The molecule has 0 saturated carbocycles. The summed E-state index contributed by atoms with van der Waals surface area (Å²) < 4.78 is 1.72. The molecule has 0 radical (unpaired) electrons. The largest absolute Gasteiger partial charge is 0.340 e. The zero-order chi connectivity index (χ0) is 18.5. The van der Waals surface area contributed by atoms with E-state index in [1.165, 1.54) is 6.08 Å². The van der Waals surface area contributed by atoms with Crippen molar-refractivity contribution in [2.24, 2.45) is 7.05 Å². The van der Waals surface area contributed by atoms with Crippen molar-refractivity contribution in [3.05, 3.63) is 67.0 Å². The first-order chi connectivity index (χ1) is 12.6. The van der Waals surface area contributed by atoms with Gasteiger partial charge in [-0.2, -0.15) is 5.10 Å². The van der Waals surface area contributed by atoms with Gasteiger partial charge in [-0.25, -0.2) is 4.98 Å². The van der Waals surface area contributed by atoms with Crippen LogP contribution in [0, 0.1) is 12.3 Å². The highest BCUT2D eigenvalue weighted by Gasteiger charge is 2.11. The summed E-state index contributed by atoms with van der Waals surface area (Å²) in [6, 6.07) is 11.0. The second kappa shape index (κ2) is 7.36. The van der Waals surface area contributed by atoms with E-state index < -0.39 is 0 Å². The van der Waals surface area contributed by atoms with Gasteiger partial charge >= 0.3 is 0 Å². The molecule has 2 N–H and O–H groups in total. The van der Waals surface area contributed by atoms with Crippen LogP contribution in [0.15, 0.2) is 61.4 Å². The average molecular weight is 343 g/mol. The van der Waals surface area contributed by atoms with E-state index in [1.54, 1.807) is 16.9 Å². The van der Waals surface area contributed by atoms with E-state index in [0.717, 1.165) is 16.9 Å². The number of carbonyl (C=O) groups is 1. The number of amides is 1. The van der Waals surface area contributed by atoms with Crippen LogP contribution >= 0.6 is 0 Å². The number of aryl methyl sites for hydroxylation is 1. The fourth-order valence-electron chi connectivity index (χ4n) is 2.39. The maximum atomic E-state index is 11.6. The minimum Gasteiger partial charge on any atom is -0.340 e. The molecule has 1 aromatic carbocycles. The molecule has 26 heavy (non-hydrogen) atoms. The van der Waals surface area contributed by atoms with Crippen LogP contribution in [0.25, 0.3) is 11.3 Å². The Bertz CT molecular complexity index is 996. The summed E-state index contributed by atoms with van der Waals surface area (Å²) in [5.41, 5.74) is 3.77. The van der Waals surface area contributed by atoms with E-state index in [-0.39, 0.29) is 5.91 Å². The summed E-state index contributed by atoms with van der Waals surface area (Å²) >= 11 is 0. The Hall–Kier alpha value is -3.85. The van der Waals surface area contributed by atoms with Crippen LogP contribution in [0.1, 0.15) is 5.56 Å². The molecule has 0 aliphatic carbocycles. The number of rotatable bonds is 5. The SMILES string of the molecule is C#Cc1ccc(Nc2ccc(NC(=O)C=C)cc2-c2ccn(C)n2)nc1. The summed E-state index contributed by atoms with van der Waals surface area (Å²) in [6.07, 6.45) is 10.1. The van der Waals surface area contributed by atoms with Gasteiger partial charge in [0.1, 0.15) is 5.82 Å². The van der Waals surface area contributed by atoms with Gasteiger partial charge in [0.25, 0.3) is 0 Å². The first-order valence-corrected chi connectivity index (χ1v) is 7.86. The number of nitrogens with one attached hydrogen (secondary N) is 2. The molecule has 0 spiro atoms.